The topological polar surface area (TPSA) is 3.24 Å². The second kappa shape index (κ2) is 8.02. The zero-order chi connectivity index (χ0) is 15.2. The highest BCUT2D eigenvalue weighted by atomic mass is 15.1. The number of hydrogen-bond donors (Lipinski definition) is 0. The van der Waals surface area contributed by atoms with E-state index in [4.69, 9.17) is 0 Å². The molecule has 20 heavy (non-hydrogen) atoms. The molecule has 0 spiro atoms. The SMILES string of the molecule is CC(C)=C/C=C(\C(C)CCN1CCCCC1)C(C)(C)C. The third-order valence-corrected chi connectivity index (χ3v) is 4.32. The highest BCUT2D eigenvalue weighted by molar-refractivity contribution is 5.22. The molecule has 0 aromatic rings. The predicted octanol–water partition coefficient (Wildman–Crippen LogP) is 5.44. The Morgan fingerprint density at radius 3 is 2.15 bits per heavy atom. The maximum absolute atomic E-state index is 2.65. The summed E-state index contributed by atoms with van der Waals surface area (Å²) in [5.74, 6) is 0.674. The van der Waals surface area contributed by atoms with Gasteiger partial charge in [-0.05, 0) is 64.1 Å². The van der Waals surface area contributed by atoms with Crippen molar-refractivity contribution < 1.29 is 0 Å². The van der Waals surface area contributed by atoms with Crippen molar-refractivity contribution >= 4 is 0 Å². The van der Waals surface area contributed by atoms with E-state index in [1.807, 2.05) is 0 Å². The summed E-state index contributed by atoms with van der Waals surface area (Å²) in [6, 6.07) is 0. The van der Waals surface area contributed by atoms with Crippen molar-refractivity contribution in [3.8, 4) is 0 Å². The number of hydrogen-bond acceptors (Lipinski definition) is 1. The molecule has 0 radical (unpaired) electrons. The third kappa shape index (κ3) is 6.26. The first-order valence-corrected chi connectivity index (χ1v) is 8.38. The molecule has 0 aromatic heterocycles. The molecule has 1 fully saturated rings. The summed E-state index contributed by atoms with van der Waals surface area (Å²) in [5, 5.41) is 0. The summed E-state index contributed by atoms with van der Waals surface area (Å²) in [6.07, 6.45) is 10.2. The monoisotopic (exact) mass is 277 g/mol. The average Bonchev–Trinajstić information content (AvgIpc) is 2.35. The van der Waals surface area contributed by atoms with Gasteiger partial charge >= 0.3 is 0 Å². The van der Waals surface area contributed by atoms with Gasteiger partial charge in [-0.25, -0.2) is 0 Å². The van der Waals surface area contributed by atoms with Crippen LogP contribution in [0.25, 0.3) is 0 Å². The Morgan fingerprint density at radius 2 is 1.65 bits per heavy atom. The van der Waals surface area contributed by atoms with E-state index in [2.05, 4.69) is 58.6 Å². The molecule has 1 saturated heterocycles. The summed E-state index contributed by atoms with van der Waals surface area (Å²) in [4.78, 5) is 2.65. The molecule has 1 aliphatic heterocycles. The van der Waals surface area contributed by atoms with Crippen LogP contribution in [0.15, 0.2) is 23.3 Å². The first kappa shape index (κ1) is 17.5. The van der Waals surface area contributed by atoms with Gasteiger partial charge in [-0.2, -0.15) is 0 Å². The Bertz CT molecular complexity index is 333. The fourth-order valence-corrected chi connectivity index (χ4v) is 3.12. The van der Waals surface area contributed by atoms with Crippen LogP contribution in [-0.4, -0.2) is 24.5 Å². The van der Waals surface area contributed by atoms with Crippen molar-refractivity contribution in [2.45, 2.75) is 67.2 Å². The summed E-state index contributed by atoms with van der Waals surface area (Å²) >= 11 is 0. The number of rotatable bonds is 5. The van der Waals surface area contributed by atoms with E-state index in [1.165, 1.54) is 50.9 Å². The van der Waals surface area contributed by atoms with Gasteiger partial charge in [0.05, 0.1) is 0 Å². The highest BCUT2D eigenvalue weighted by Gasteiger charge is 2.22. The molecule has 0 saturated carbocycles. The summed E-state index contributed by atoms with van der Waals surface area (Å²) in [5.41, 5.74) is 3.25. The molecule has 116 valence electrons. The van der Waals surface area contributed by atoms with Crippen LogP contribution in [0.3, 0.4) is 0 Å². The van der Waals surface area contributed by atoms with Crippen molar-refractivity contribution in [1.29, 1.82) is 0 Å². The quantitative estimate of drug-likeness (QED) is 0.605. The number of piperidine rings is 1. The Hall–Kier alpha value is -0.560. The van der Waals surface area contributed by atoms with E-state index in [0.29, 0.717) is 5.92 Å². The zero-order valence-electron chi connectivity index (χ0n) is 14.6. The van der Waals surface area contributed by atoms with E-state index in [1.54, 1.807) is 5.57 Å². The van der Waals surface area contributed by atoms with Gasteiger partial charge in [-0.15, -0.1) is 0 Å². The van der Waals surface area contributed by atoms with Crippen molar-refractivity contribution in [3.63, 3.8) is 0 Å². The van der Waals surface area contributed by atoms with Gasteiger partial charge in [-0.1, -0.05) is 57.4 Å². The van der Waals surface area contributed by atoms with Crippen LogP contribution in [0.1, 0.15) is 67.2 Å². The van der Waals surface area contributed by atoms with Gasteiger partial charge in [0.1, 0.15) is 0 Å². The molecule has 0 aliphatic carbocycles. The minimum atomic E-state index is 0.271. The molecule has 1 aliphatic rings. The fraction of sp³-hybridized carbons (Fsp3) is 0.789. The second-order valence-electron chi connectivity index (χ2n) is 7.71. The maximum atomic E-state index is 2.65. The Morgan fingerprint density at radius 1 is 1.05 bits per heavy atom. The lowest BCUT2D eigenvalue weighted by atomic mass is 9.77. The molecule has 1 heteroatoms. The molecule has 1 nitrogen and oxygen atoms in total. The third-order valence-electron chi connectivity index (χ3n) is 4.32. The molecular weight excluding hydrogens is 242 g/mol. The Kier molecular flexibility index (Phi) is 7.02. The van der Waals surface area contributed by atoms with Crippen molar-refractivity contribution in [3.05, 3.63) is 23.3 Å². The molecule has 0 amide bonds. The van der Waals surface area contributed by atoms with Crippen LogP contribution in [0.4, 0.5) is 0 Å². The Labute approximate surface area is 127 Å². The van der Waals surface area contributed by atoms with Crippen LogP contribution in [0, 0.1) is 11.3 Å². The highest BCUT2D eigenvalue weighted by Crippen LogP contribution is 2.33. The smallest absolute Gasteiger partial charge is 0.00131 e. The lowest BCUT2D eigenvalue weighted by Gasteiger charge is -2.31. The standard InChI is InChI=1S/C19H35N/c1-16(2)10-11-18(19(4,5)6)17(3)12-15-20-13-8-7-9-14-20/h10-11,17H,7-9,12-15H2,1-6H3/b18-11+. The summed E-state index contributed by atoms with van der Waals surface area (Å²) in [7, 11) is 0. The van der Waals surface area contributed by atoms with Crippen LogP contribution in [0.5, 0.6) is 0 Å². The second-order valence-corrected chi connectivity index (χ2v) is 7.71. The van der Waals surface area contributed by atoms with Gasteiger partial charge < -0.3 is 4.90 Å². The minimum absolute atomic E-state index is 0.271. The van der Waals surface area contributed by atoms with Gasteiger partial charge in [0.2, 0.25) is 0 Å². The molecule has 1 unspecified atom stereocenters. The van der Waals surface area contributed by atoms with E-state index < -0.39 is 0 Å². The maximum Gasteiger partial charge on any atom is -0.00131 e. The van der Waals surface area contributed by atoms with Crippen LogP contribution < -0.4 is 0 Å². The molecule has 1 atom stereocenters. The van der Waals surface area contributed by atoms with Gasteiger partial charge in [0.25, 0.3) is 0 Å². The molecule has 0 aromatic carbocycles. The molecule has 1 rings (SSSR count). The molecule has 0 bridgehead atoms. The van der Waals surface area contributed by atoms with E-state index in [9.17, 15) is 0 Å². The predicted molar refractivity (Wildman–Crippen MR) is 91.0 cm³/mol. The molecule has 1 heterocycles. The van der Waals surface area contributed by atoms with Crippen molar-refractivity contribution in [2.24, 2.45) is 11.3 Å². The summed E-state index contributed by atoms with van der Waals surface area (Å²) < 4.78 is 0. The average molecular weight is 277 g/mol. The molecule has 0 N–H and O–H groups in total. The Balaban J connectivity index is 2.61. The van der Waals surface area contributed by atoms with Crippen LogP contribution in [0.2, 0.25) is 0 Å². The normalized spacial score (nSPS) is 19.8. The van der Waals surface area contributed by atoms with E-state index in [-0.39, 0.29) is 5.41 Å². The van der Waals surface area contributed by atoms with Gasteiger partial charge in [-0.3, -0.25) is 0 Å². The van der Waals surface area contributed by atoms with E-state index >= 15 is 0 Å². The number of allylic oxidation sites excluding steroid dienone is 4. The zero-order valence-corrected chi connectivity index (χ0v) is 14.6. The first-order chi connectivity index (χ1) is 9.30. The summed E-state index contributed by atoms with van der Waals surface area (Å²) in [6.45, 7) is 17.7. The largest absolute Gasteiger partial charge is 0.303 e. The van der Waals surface area contributed by atoms with Crippen molar-refractivity contribution in [1.82, 2.24) is 4.90 Å². The lowest BCUT2D eigenvalue weighted by Crippen LogP contribution is -2.32. The lowest BCUT2D eigenvalue weighted by molar-refractivity contribution is 0.216. The van der Waals surface area contributed by atoms with Gasteiger partial charge in [0, 0.05) is 0 Å². The fourth-order valence-electron chi connectivity index (χ4n) is 3.12. The molecular formula is C19H35N. The van der Waals surface area contributed by atoms with Crippen LogP contribution in [-0.2, 0) is 0 Å². The first-order valence-electron chi connectivity index (χ1n) is 8.38. The van der Waals surface area contributed by atoms with E-state index in [0.717, 1.165) is 0 Å². The minimum Gasteiger partial charge on any atom is -0.303 e. The van der Waals surface area contributed by atoms with Gasteiger partial charge in [0.15, 0.2) is 0 Å². The number of likely N-dealkylation sites (tertiary alicyclic amines) is 1. The van der Waals surface area contributed by atoms with Crippen LogP contribution >= 0.6 is 0 Å². The van der Waals surface area contributed by atoms with Crippen molar-refractivity contribution in [2.75, 3.05) is 19.6 Å². The number of nitrogens with zero attached hydrogens (tertiary/aromatic N) is 1.